The second kappa shape index (κ2) is 3.19. The Balaban J connectivity index is 2.91. The van der Waals surface area contributed by atoms with Gasteiger partial charge in [-0.2, -0.15) is 0 Å². The first kappa shape index (κ1) is 8.83. The molecule has 72 valence electrons. The van der Waals surface area contributed by atoms with Gasteiger partial charge >= 0.3 is 0 Å². The predicted octanol–water partition coefficient (Wildman–Crippen LogP) is 0.292. The van der Waals surface area contributed by atoms with Crippen molar-refractivity contribution in [1.82, 2.24) is 9.38 Å². The van der Waals surface area contributed by atoms with Gasteiger partial charge in [-0.3, -0.25) is 9.20 Å². The third-order valence-corrected chi connectivity index (χ3v) is 1.98. The van der Waals surface area contributed by atoms with Crippen LogP contribution in [0.25, 0.3) is 5.65 Å². The highest BCUT2D eigenvalue weighted by Crippen LogP contribution is 2.03. The molecule has 0 unspecified atom stereocenters. The van der Waals surface area contributed by atoms with Crippen molar-refractivity contribution in [3.8, 4) is 0 Å². The van der Waals surface area contributed by atoms with Gasteiger partial charge in [-0.15, -0.1) is 0 Å². The number of aromatic nitrogens is 2. The lowest BCUT2D eigenvalue weighted by atomic mass is 10.3. The Hall–Kier alpha value is -1.75. The molecule has 0 aliphatic carbocycles. The first-order chi connectivity index (χ1) is 6.74. The second-order valence-corrected chi connectivity index (χ2v) is 2.84. The molecule has 2 aromatic rings. The molecular weight excluding hydrogens is 185 g/mol. The standard InChI is InChI=1S/C9H8FN3O/c10-7-2-1-3-13-8(7)12-5-6(4-11)9(13)14/h1-3,5H,4,11H2. The number of halogens is 1. The van der Waals surface area contributed by atoms with Crippen LogP contribution in [0.15, 0.2) is 29.3 Å². The van der Waals surface area contributed by atoms with E-state index in [2.05, 4.69) is 4.98 Å². The minimum atomic E-state index is -0.520. The predicted molar refractivity (Wildman–Crippen MR) is 49.3 cm³/mol. The lowest BCUT2D eigenvalue weighted by molar-refractivity contribution is 0.626. The van der Waals surface area contributed by atoms with Crippen LogP contribution in [-0.2, 0) is 6.54 Å². The fraction of sp³-hybridized carbons (Fsp3) is 0.111. The highest BCUT2D eigenvalue weighted by molar-refractivity contribution is 5.39. The average molecular weight is 193 g/mol. The van der Waals surface area contributed by atoms with E-state index in [-0.39, 0.29) is 17.8 Å². The Bertz CT molecular complexity index is 535. The number of nitrogens with zero attached hydrogens (tertiary/aromatic N) is 2. The Morgan fingerprint density at radius 1 is 1.57 bits per heavy atom. The fourth-order valence-electron chi connectivity index (χ4n) is 1.25. The third-order valence-electron chi connectivity index (χ3n) is 1.98. The van der Waals surface area contributed by atoms with Gasteiger partial charge in [0.05, 0.1) is 0 Å². The number of pyridine rings is 1. The zero-order chi connectivity index (χ0) is 10.1. The molecule has 4 nitrogen and oxygen atoms in total. The largest absolute Gasteiger partial charge is 0.326 e. The summed E-state index contributed by atoms with van der Waals surface area (Å²) in [6.07, 6.45) is 2.77. The summed E-state index contributed by atoms with van der Waals surface area (Å²) >= 11 is 0. The quantitative estimate of drug-likeness (QED) is 0.708. The van der Waals surface area contributed by atoms with E-state index in [1.807, 2.05) is 0 Å². The van der Waals surface area contributed by atoms with E-state index >= 15 is 0 Å². The summed E-state index contributed by atoms with van der Waals surface area (Å²) in [5.74, 6) is -0.520. The maximum Gasteiger partial charge on any atom is 0.262 e. The summed E-state index contributed by atoms with van der Waals surface area (Å²) in [4.78, 5) is 15.4. The molecule has 2 N–H and O–H groups in total. The van der Waals surface area contributed by atoms with E-state index in [4.69, 9.17) is 5.73 Å². The average Bonchev–Trinajstić information content (AvgIpc) is 2.20. The number of hydrogen-bond donors (Lipinski definition) is 1. The van der Waals surface area contributed by atoms with Gasteiger partial charge in [-0.05, 0) is 12.1 Å². The molecule has 2 rings (SSSR count). The smallest absolute Gasteiger partial charge is 0.262 e. The molecule has 2 aromatic heterocycles. The van der Waals surface area contributed by atoms with Crippen molar-refractivity contribution in [3.63, 3.8) is 0 Å². The van der Waals surface area contributed by atoms with Gasteiger partial charge in [0.2, 0.25) is 0 Å². The van der Waals surface area contributed by atoms with Crippen LogP contribution in [0.3, 0.4) is 0 Å². The molecule has 14 heavy (non-hydrogen) atoms. The Morgan fingerprint density at radius 2 is 2.36 bits per heavy atom. The third kappa shape index (κ3) is 1.18. The van der Waals surface area contributed by atoms with Gasteiger partial charge < -0.3 is 5.73 Å². The van der Waals surface area contributed by atoms with E-state index in [9.17, 15) is 9.18 Å². The zero-order valence-corrected chi connectivity index (χ0v) is 7.27. The Morgan fingerprint density at radius 3 is 3.07 bits per heavy atom. The van der Waals surface area contributed by atoms with E-state index in [0.29, 0.717) is 5.56 Å². The minimum Gasteiger partial charge on any atom is -0.326 e. The topological polar surface area (TPSA) is 60.4 Å². The molecule has 5 heteroatoms. The van der Waals surface area contributed by atoms with E-state index in [1.54, 1.807) is 0 Å². The van der Waals surface area contributed by atoms with Crippen molar-refractivity contribution in [2.24, 2.45) is 5.73 Å². The van der Waals surface area contributed by atoms with E-state index in [1.165, 1.54) is 24.5 Å². The van der Waals surface area contributed by atoms with Gasteiger partial charge in [-0.25, -0.2) is 9.37 Å². The monoisotopic (exact) mass is 193 g/mol. The van der Waals surface area contributed by atoms with Crippen molar-refractivity contribution in [2.75, 3.05) is 0 Å². The van der Waals surface area contributed by atoms with E-state index in [0.717, 1.165) is 4.40 Å². The van der Waals surface area contributed by atoms with Crippen LogP contribution in [0.5, 0.6) is 0 Å². The maximum atomic E-state index is 13.1. The maximum absolute atomic E-state index is 13.1. The molecule has 0 aromatic carbocycles. The lowest BCUT2D eigenvalue weighted by Crippen LogP contribution is -2.21. The van der Waals surface area contributed by atoms with Gasteiger partial charge in [0.1, 0.15) is 0 Å². The summed E-state index contributed by atoms with van der Waals surface area (Å²) in [7, 11) is 0. The van der Waals surface area contributed by atoms with Crippen LogP contribution >= 0.6 is 0 Å². The summed E-state index contributed by atoms with van der Waals surface area (Å²) in [6.45, 7) is 0.102. The fourth-order valence-corrected chi connectivity index (χ4v) is 1.25. The summed E-state index contributed by atoms with van der Waals surface area (Å²) in [5.41, 5.74) is 5.40. The van der Waals surface area contributed by atoms with Crippen LogP contribution in [0.2, 0.25) is 0 Å². The molecule has 0 saturated heterocycles. The van der Waals surface area contributed by atoms with Crippen LogP contribution < -0.4 is 11.3 Å². The summed E-state index contributed by atoms with van der Waals surface area (Å²) in [6, 6.07) is 2.70. The molecule has 0 amide bonds. The van der Waals surface area contributed by atoms with Crippen LogP contribution in [-0.4, -0.2) is 9.38 Å². The van der Waals surface area contributed by atoms with E-state index < -0.39 is 5.82 Å². The minimum absolute atomic E-state index is 0.0229. The molecule has 0 bridgehead atoms. The molecule has 0 radical (unpaired) electrons. The molecule has 0 aliphatic heterocycles. The molecule has 0 aliphatic rings. The number of nitrogens with two attached hydrogens (primary N) is 1. The first-order valence-corrected chi connectivity index (χ1v) is 4.09. The Kier molecular flexibility index (Phi) is 2.01. The van der Waals surface area contributed by atoms with Crippen LogP contribution in [0.4, 0.5) is 4.39 Å². The molecule has 0 spiro atoms. The van der Waals surface area contributed by atoms with Crippen LogP contribution in [0.1, 0.15) is 5.56 Å². The van der Waals surface area contributed by atoms with Crippen molar-refractivity contribution in [3.05, 3.63) is 46.3 Å². The number of rotatable bonds is 1. The van der Waals surface area contributed by atoms with Crippen LogP contribution in [0, 0.1) is 5.82 Å². The normalized spacial score (nSPS) is 10.7. The Labute approximate surface area is 78.8 Å². The van der Waals surface area contributed by atoms with Gasteiger partial charge in [-0.1, -0.05) is 0 Å². The van der Waals surface area contributed by atoms with Crippen molar-refractivity contribution in [1.29, 1.82) is 0 Å². The SMILES string of the molecule is NCc1cnc2c(F)cccn2c1=O. The molecule has 0 saturated carbocycles. The molecule has 2 heterocycles. The molecule has 0 atom stereocenters. The molecule has 0 fully saturated rings. The van der Waals surface area contributed by atoms with Crippen molar-refractivity contribution >= 4 is 5.65 Å². The second-order valence-electron chi connectivity index (χ2n) is 2.84. The number of hydrogen-bond acceptors (Lipinski definition) is 3. The van der Waals surface area contributed by atoms with Gasteiger partial charge in [0, 0.05) is 24.5 Å². The zero-order valence-electron chi connectivity index (χ0n) is 7.27. The van der Waals surface area contributed by atoms with Gasteiger partial charge in [0.15, 0.2) is 11.5 Å². The summed E-state index contributed by atoms with van der Waals surface area (Å²) in [5, 5.41) is 0. The van der Waals surface area contributed by atoms with Gasteiger partial charge in [0.25, 0.3) is 5.56 Å². The number of fused-ring (bicyclic) bond motifs is 1. The highest BCUT2D eigenvalue weighted by Gasteiger charge is 2.05. The summed E-state index contributed by atoms with van der Waals surface area (Å²) < 4.78 is 14.3. The molecular formula is C9H8FN3O. The highest BCUT2D eigenvalue weighted by atomic mass is 19.1. The van der Waals surface area contributed by atoms with Crippen molar-refractivity contribution in [2.45, 2.75) is 6.54 Å². The first-order valence-electron chi connectivity index (χ1n) is 4.09. The van der Waals surface area contributed by atoms with Crippen molar-refractivity contribution < 1.29 is 4.39 Å². The lowest BCUT2D eigenvalue weighted by Gasteiger charge is -2.01.